The molecule has 3 N–H and O–H groups in total. The number of nitrogens with two attached hydrogens (primary N) is 1. The van der Waals surface area contributed by atoms with E-state index in [2.05, 4.69) is 13.8 Å². The lowest BCUT2D eigenvalue weighted by Gasteiger charge is -2.26. The number of hydrogen-bond donors (Lipinski definition) is 2. The molecule has 0 amide bonds. The topological polar surface area (TPSA) is 72.5 Å². The van der Waals surface area contributed by atoms with Gasteiger partial charge >= 0.3 is 5.97 Å². The van der Waals surface area contributed by atoms with Gasteiger partial charge in [-0.25, -0.2) is 0 Å². The number of benzene rings is 1. The number of carbonyl (C=O) groups is 1. The maximum absolute atomic E-state index is 10.8. The van der Waals surface area contributed by atoms with Gasteiger partial charge in [-0.05, 0) is 24.5 Å². The Bertz CT molecular complexity index is 439. The van der Waals surface area contributed by atoms with Gasteiger partial charge < -0.3 is 15.6 Å². The molecule has 1 unspecified atom stereocenters. The van der Waals surface area contributed by atoms with Crippen LogP contribution in [0.3, 0.4) is 0 Å². The van der Waals surface area contributed by atoms with Crippen LogP contribution < -0.4 is 10.5 Å². The first-order valence-electron chi connectivity index (χ1n) is 5.97. The summed E-state index contributed by atoms with van der Waals surface area (Å²) in [5, 5.41) is 8.90. The lowest BCUT2D eigenvalue weighted by molar-refractivity contribution is -0.138. The van der Waals surface area contributed by atoms with E-state index in [1.807, 2.05) is 18.2 Å². The van der Waals surface area contributed by atoms with Crippen molar-refractivity contribution in [1.82, 2.24) is 0 Å². The molecule has 1 rings (SSSR count). The van der Waals surface area contributed by atoms with Gasteiger partial charge in [-0.15, -0.1) is 0 Å². The molecule has 0 aliphatic carbocycles. The molecule has 0 heterocycles. The van der Waals surface area contributed by atoms with Crippen molar-refractivity contribution >= 4 is 5.97 Å². The molecule has 0 aliphatic heterocycles. The fraction of sp³-hybridized carbons (Fsp3) is 0.500. The van der Waals surface area contributed by atoms with Crippen LogP contribution in [0.5, 0.6) is 5.75 Å². The quantitative estimate of drug-likeness (QED) is 0.843. The van der Waals surface area contributed by atoms with E-state index < -0.39 is 11.5 Å². The number of carboxylic acid groups (broad SMARTS) is 1. The minimum atomic E-state index is -0.938. The lowest BCUT2D eigenvalue weighted by atomic mass is 9.87. The largest absolute Gasteiger partial charge is 0.496 e. The summed E-state index contributed by atoms with van der Waals surface area (Å²) < 4.78 is 5.33. The van der Waals surface area contributed by atoms with Crippen molar-refractivity contribution < 1.29 is 14.6 Å². The minimum absolute atomic E-state index is 0.135. The molecule has 1 atom stereocenters. The third-order valence-corrected chi connectivity index (χ3v) is 3.03. The van der Waals surface area contributed by atoms with Crippen molar-refractivity contribution in [3.05, 3.63) is 29.3 Å². The first kappa shape index (κ1) is 14.5. The molecule has 0 radical (unpaired) electrons. The molecule has 4 nitrogen and oxygen atoms in total. The van der Waals surface area contributed by atoms with E-state index in [0.717, 1.165) is 11.1 Å². The van der Waals surface area contributed by atoms with Crippen molar-refractivity contribution in [2.75, 3.05) is 7.11 Å². The smallest absolute Gasteiger partial charge is 0.305 e. The SMILES string of the molecule is COc1cc(C(C)C)ccc1C(C)(N)CC(=O)O. The summed E-state index contributed by atoms with van der Waals surface area (Å²) in [6.45, 7) is 5.88. The monoisotopic (exact) mass is 251 g/mol. The second kappa shape index (κ2) is 5.40. The van der Waals surface area contributed by atoms with Crippen LogP contribution in [0, 0.1) is 0 Å². The van der Waals surface area contributed by atoms with E-state index in [4.69, 9.17) is 15.6 Å². The number of rotatable bonds is 5. The Kier molecular flexibility index (Phi) is 4.35. The first-order valence-corrected chi connectivity index (χ1v) is 5.97. The van der Waals surface area contributed by atoms with Gasteiger partial charge in [0.15, 0.2) is 0 Å². The van der Waals surface area contributed by atoms with Crippen molar-refractivity contribution in [1.29, 1.82) is 0 Å². The van der Waals surface area contributed by atoms with E-state index >= 15 is 0 Å². The average Bonchev–Trinajstić information content (AvgIpc) is 2.26. The summed E-state index contributed by atoms with van der Waals surface area (Å²) in [5.74, 6) is 0.110. The molecule has 0 spiro atoms. The first-order chi connectivity index (χ1) is 8.27. The predicted molar refractivity (Wildman–Crippen MR) is 70.9 cm³/mol. The third kappa shape index (κ3) is 3.23. The van der Waals surface area contributed by atoms with Crippen LogP contribution in [0.25, 0.3) is 0 Å². The summed E-state index contributed by atoms with van der Waals surface area (Å²) >= 11 is 0. The molecule has 100 valence electrons. The zero-order valence-corrected chi connectivity index (χ0v) is 11.4. The predicted octanol–water partition coefficient (Wildman–Crippen LogP) is 2.47. The van der Waals surface area contributed by atoms with Gasteiger partial charge in [0.2, 0.25) is 0 Å². The van der Waals surface area contributed by atoms with Gasteiger partial charge in [-0.1, -0.05) is 26.0 Å². The van der Waals surface area contributed by atoms with E-state index in [9.17, 15) is 4.79 Å². The highest BCUT2D eigenvalue weighted by molar-refractivity contribution is 5.69. The van der Waals surface area contributed by atoms with Crippen LogP contribution in [0.1, 0.15) is 44.2 Å². The molecule has 0 saturated heterocycles. The molecule has 0 bridgehead atoms. The van der Waals surface area contributed by atoms with Crippen LogP contribution in [0.15, 0.2) is 18.2 Å². The lowest BCUT2D eigenvalue weighted by Crippen LogP contribution is -2.36. The van der Waals surface area contributed by atoms with Gasteiger partial charge in [0, 0.05) is 5.56 Å². The molecule has 1 aromatic rings. The van der Waals surface area contributed by atoms with Crippen molar-refractivity contribution in [3.8, 4) is 5.75 Å². The van der Waals surface area contributed by atoms with Crippen LogP contribution in [0.4, 0.5) is 0 Å². The molecule has 0 fully saturated rings. The van der Waals surface area contributed by atoms with E-state index in [0.29, 0.717) is 11.7 Å². The number of ether oxygens (including phenoxy) is 1. The van der Waals surface area contributed by atoms with Crippen molar-refractivity contribution in [2.24, 2.45) is 5.73 Å². The van der Waals surface area contributed by atoms with Gasteiger partial charge in [0.25, 0.3) is 0 Å². The summed E-state index contributed by atoms with van der Waals surface area (Å²) in [5.41, 5.74) is 7.00. The maximum Gasteiger partial charge on any atom is 0.305 e. The third-order valence-electron chi connectivity index (χ3n) is 3.03. The number of hydrogen-bond acceptors (Lipinski definition) is 3. The molecule has 0 aromatic heterocycles. The van der Waals surface area contributed by atoms with E-state index in [-0.39, 0.29) is 6.42 Å². The Labute approximate surface area is 108 Å². The Balaban J connectivity index is 3.20. The molecule has 0 saturated carbocycles. The fourth-order valence-electron chi connectivity index (χ4n) is 1.95. The number of methoxy groups -OCH3 is 1. The van der Waals surface area contributed by atoms with Gasteiger partial charge in [0.05, 0.1) is 19.1 Å². The Morgan fingerprint density at radius 2 is 2.11 bits per heavy atom. The zero-order valence-electron chi connectivity index (χ0n) is 11.4. The molecule has 0 aliphatic rings. The Hall–Kier alpha value is -1.55. The Morgan fingerprint density at radius 1 is 1.50 bits per heavy atom. The van der Waals surface area contributed by atoms with Gasteiger partial charge in [-0.3, -0.25) is 4.79 Å². The fourth-order valence-corrected chi connectivity index (χ4v) is 1.95. The molecular formula is C14H21NO3. The van der Waals surface area contributed by atoms with Crippen molar-refractivity contribution in [3.63, 3.8) is 0 Å². The summed E-state index contributed by atoms with van der Waals surface area (Å²) in [6.07, 6.45) is -0.135. The second-order valence-electron chi connectivity index (χ2n) is 5.10. The van der Waals surface area contributed by atoms with E-state index in [1.165, 1.54) is 0 Å². The highest BCUT2D eigenvalue weighted by atomic mass is 16.5. The average molecular weight is 251 g/mol. The van der Waals surface area contributed by atoms with Gasteiger partial charge in [0.1, 0.15) is 5.75 Å². The Morgan fingerprint density at radius 3 is 2.56 bits per heavy atom. The van der Waals surface area contributed by atoms with Crippen molar-refractivity contribution in [2.45, 2.75) is 38.6 Å². The van der Waals surface area contributed by atoms with Crippen LogP contribution >= 0.6 is 0 Å². The normalized spacial score (nSPS) is 14.3. The molecule has 1 aromatic carbocycles. The molecule has 4 heteroatoms. The molecule has 18 heavy (non-hydrogen) atoms. The standard InChI is InChI=1S/C14H21NO3/c1-9(2)10-5-6-11(12(7-10)18-4)14(3,15)8-13(16)17/h5-7,9H,8,15H2,1-4H3,(H,16,17). The summed E-state index contributed by atoms with van der Waals surface area (Å²) in [6, 6.07) is 5.75. The number of aliphatic carboxylic acids is 1. The second-order valence-corrected chi connectivity index (χ2v) is 5.10. The number of carboxylic acids is 1. The van der Waals surface area contributed by atoms with Gasteiger partial charge in [-0.2, -0.15) is 0 Å². The summed E-state index contributed by atoms with van der Waals surface area (Å²) in [4.78, 5) is 10.8. The van der Waals surface area contributed by atoms with Crippen LogP contribution in [-0.4, -0.2) is 18.2 Å². The zero-order chi connectivity index (χ0) is 13.9. The van der Waals surface area contributed by atoms with Crippen LogP contribution in [-0.2, 0) is 10.3 Å². The highest BCUT2D eigenvalue weighted by Crippen LogP contribution is 2.33. The van der Waals surface area contributed by atoms with E-state index in [1.54, 1.807) is 14.0 Å². The summed E-state index contributed by atoms with van der Waals surface area (Å²) in [7, 11) is 1.57. The maximum atomic E-state index is 10.8. The molecular weight excluding hydrogens is 230 g/mol. The van der Waals surface area contributed by atoms with Crippen LogP contribution in [0.2, 0.25) is 0 Å². The highest BCUT2D eigenvalue weighted by Gasteiger charge is 2.28. The minimum Gasteiger partial charge on any atom is -0.496 e.